The lowest BCUT2D eigenvalue weighted by Gasteiger charge is -2.28. The average Bonchev–Trinajstić information content (AvgIpc) is 3.23. The summed E-state index contributed by atoms with van der Waals surface area (Å²) in [6.07, 6.45) is 4.69. The van der Waals surface area contributed by atoms with Gasteiger partial charge in [0.05, 0.1) is 22.1 Å². The summed E-state index contributed by atoms with van der Waals surface area (Å²) in [6, 6.07) is 6.05. The molecule has 0 spiro atoms. The molecule has 3 rings (SSSR count). The highest BCUT2D eigenvalue weighted by Gasteiger charge is 2.26. The number of alkyl carbamates (subject to hydrolysis) is 1. The van der Waals surface area contributed by atoms with E-state index in [1.807, 2.05) is 59.1 Å². The van der Waals surface area contributed by atoms with E-state index in [-0.39, 0.29) is 24.3 Å². The second kappa shape index (κ2) is 12.2. The number of nitrogens with one attached hydrogen (secondary N) is 3. The number of nitrogens with zero attached hydrogens (tertiary/aromatic N) is 1. The topological polar surface area (TPSA) is 102 Å². The fraction of sp³-hybridized carbons (Fsp3) is 0.560. The number of anilines is 1. The number of thiazole rings is 1. The molecular weight excluding hydrogens is 452 g/mol. The highest BCUT2D eigenvalue weighted by molar-refractivity contribution is 7.15. The van der Waals surface area contributed by atoms with Crippen LogP contribution in [0.5, 0.6) is 0 Å². The van der Waals surface area contributed by atoms with Crippen LogP contribution in [0.25, 0.3) is 10.4 Å². The minimum Gasteiger partial charge on any atom is -0.447 e. The maximum atomic E-state index is 12.0. The maximum Gasteiger partial charge on any atom is 0.411 e. The van der Waals surface area contributed by atoms with E-state index in [1.54, 1.807) is 11.3 Å². The summed E-state index contributed by atoms with van der Waals surface area (Å²) in [5.41, 5.74) is 2.88. The first-order chi connectivity index (χ1) is 16.2. The molecule has 0 bridgehead atoms. The summed E-state index contributed by atoms with van der Waals surface area (Å²) in [5.74, 6) is 0.400. The van der Waals surface area contributed by atoms with E-state index in [1.165, 1.54) is 0 Å². The van der Waals surface area contributed by atoms with Gasteiger partial charge in [-0.25, -0.2) is 14.6 Å². The van der Waals surface area contributed by atoms with Gasteiger partial charge in [-0.1, -0.05) is 6.07 Å². The first kappa shape index (κ1) is 26.0. The Morgan fingerprint density at radius 1 is 1.06 bits per heavy atom. The van der Waals surface area contributed by atoms with Crippen molar-refractivity contribution >= 4 is 29.2 Å². The van der Waals surface area contributed by atoms with Gasteiger partial charge < -0.3 is 20.1 Å². The first-order valence-corrected chi connectivity index (χ1v) is 12.7. The summed E-state index contributed by atoms with van der Waals surface area (Å²) in [4.78, 5) is 29.7. The number of hydrogen-bond acceptors (Lipinski definition) is 7. The third-order valence-electron chi connectivity index (χ3n) is 5.59. The largest absolute Gasteiger partial charge is 0.447 e. The Balaban J connectivity index is 1.65. The molecular formula is C25H36N4O4S. The Labute approximate surface area is 205 Å². The molecule has 9 heteroatoms. The van der Waals surface area contributed by atoms with E-state index in [9.17, 15) is 9.59 Å². The van der Waals surface area contributed by atoms with Gasteiger partial charge in [-0.2, -0.15) is 0 Å². The molecule has 3 N–H and O–H groups in total. The lowest BCUT2D eigenvalue weighted by atomic mass is 9.86. The molecule has 1 aliphatic rings. The Morgan fingerprint density at radius 2 is 1.74 bits per heavy atom. The third kappa shape index (κ3) is 7.43. The zero-order valence-electron chi connectivity index (χ0n) is 20.6. The number of carbonyl (C=O) groups is 2. The van der Waals surface area contributed by atoms with Crippen molar-refractivity contribution in [3.8, 4) is 10.4 Å². The van der Waals surface area contributed by atoms with E-state index < -0.39 is 6.09 Å². The summed E-state index contributed by atoms with van der Waals surface area (Å²) < 4.78 is 10.4. The quantitative estimate of drug-likeness (QED) is 0.444. The molecule has 0 saturated heterocycles. The molecule has 1 aromatic carbocycles. The van der Waals surface area contributed by atoms with E-state index in [0.717, 1.165) is 46.7 Å². The van der Waals surface area contributed by atoms with Crippen molar-refractivity contribution in [2.75, 3.05) is 12.4 Å². The molecule has 2 aromatic rings. The van der Waals surface area contributed by atoms with Gasteiger partial charge in [0.1, 0.15) is 0 Å². The predicted octanol–water partition coefficient (Wildman–Crippen LogP) is 5.65. The Kier molecular flexibility index (Phi) is 9.29. The normalized spacial score (nSPS) is 18.1. The molecule has 1 saturated carbocycles. The van der Waals surface area contributed by atoms with Crippen LogP contribution in [-0.2, 0) is 16.0 Å². The van der Waals surface area contributed by atoms with Gasteiger partial charge in [-0.3, -0.25) is 5.32 Å². The molecule has 0 atom stereocenters. The summed E-state index contributed by atoms with van der Waals surface area (Å²) in [6.45, 7) is 8.01. The monoisotopic (exact) mass is 488 g/mol. The highest BCUT2D eigenvalue weighted by atomic mass is 32.1. The van der Waals surface area contributed by atoms with E-state index in [0.29, 0.717) is 18.2 Å². The smallest absolute Gasteiger partial charge is 0.411 e. The van der Waals surface area contributed by atoms with Crippen LogP contribution >= 0.6 is 11.3 Å². The maximum absolute atomic E-state index is 12.0. The standard InChI is InChI=1S/C25H36N4O4S/c1-15(2)32-24(30)28-19-8-6-17(7-9-19)23-27-14-22(34-23)21-11-10-20(12-18(21)13-26-5)29-25(31)33-16(3)4/h10-12,14-17,19,26H,6-9,13H2,1-5H3,(H,28,30)(H,29,31). The number of carbonyl (C=O) groups excluding carboxylic acids is 2. The molecule has 0 aliphatic heterocycles. The molecule has 2 amide bonds. The zero-order chi connectivity index (χ0) is 24.7. The van der Waals surface area contributed by atoms with Crippen molar-refractivity contribution in [2.24, 2.45) is 0 Å². The fourth-order valence-electron chi connectivity index (χ4n) is 4.11. The Bertz CT molecular complexity index is 968. The Morgan fingerprint density at radius 3 is 2.38 bits per heavy atom. The van der Waals surface area contributed by atoms with E-state index in [2.05, 4.69) is 16.0 Å². The van der Waals surface area contributed by atoms with Crippen molar-refractivity contribution in [3.05, 3.63) is 35.0 Å². The second-order valence-corrected chi connectivity index (χ2v) is 10.3. The molecule has 1 fully saturated rings. The van der Waals surface area contributed by atoms with Gasteiger partial charge >= 0.3 is 12.2 Å². The van der Waals surface area contributed by atoms with Gasteiger partial charge in [0.2, 0.25) is 0 Å². The highest BCUT2D eigenvalue weighted by Crippen LogP contribution is 2.39. The summed E-state index contributed by atoms with van der Waals surface area (Å²) in [5, 5.41) is 10.1. The van der Waals surface area contributed by atoms with Crippen LogP contribution in [0.4, 0.5) is 15.3 Å². The molecule has 0 radical (unpaired) electrons. The molecule has 8 nitrogen and oxygen atoms in total. The lowest BCUT2D eigenvalue weighted by molar-refractivity contribution is 0.109. The van der Waals surface area contributed by atoms with Crippen LogP contribution in [0, 0.1) is 0 Å². The SMILES string of the molecule is CNCc1cc(NC(=O)OC(C)C)ccc1-c1cnc(C2CCC(NC(=O)OC(C)C)CC2)s1. The number of rotatable bonds is 8. The van der Waals surface area contributed by atoms with Gasteiger partial charge in [0.15, 0.2) is 0 Å². The molecule has 34 heavy (non-hydrogen) atoms. The van der Waals surface area contributed by atoms with Crippen molar-refractivity contribution in [3.63, 3.8) is 0 Å². The molecule has 186 valence electrons. The average molecular weight is 489 g/mol. The van der Waals surface area contributed by atoms with Crippen LogP contribution in [0.15, 0.2) is 24.4 Å². The minimum atomic E-state index is -0.458. The van der Waals surface area contributed by atoms with Crippen molar-refractivity contribution in [2.45, 2.75) is 84.1 Å². The van der Waals surface area contributed by atoms with Crippen molar-refractivity contribution in [1.82, 2.24) is 15.6 Å². The third-order valence-corrected chi connectivity index (χ3v) is 6.78. The van der Waals surface area contributed by atoms with Crippen LogP contribution < -0.4 is 16.0 Å². The number of benzene rings is 1. The zero-order valence-corrected chi connectivity index (χ0v) is 21.5. The van der Waals surface area contributed by atoms with Gasteiger partial charge in [0.25, 0.3) is 0 Å². The van der Waals surface area contributed by atoms with Crippen LogP contribution in [0.2, 0.25) is 0 Å². The molecule has 1 aromatic heterocycles. The predicted molar refractivity (Wildman–Crippen MR) is 135 cm³/mol. The van der Waals surface area contributed by atoms with Crippen LogP contribution in [0.1, 0.15) is 69.9 Å². The van der Waals surface area contributed by atoms with Crippen molar-refractivity contribution in [1.29, 1.82) is 0 Å². The molecule has 0 unspecified atom stereocenters. The summed E-state index contributed by atoms with van der Waals surface area (Å²) in [7, 11) is 1.90. The molecule has 1 heterocycles. The number of amides is 2. The lowest BCUT2D eigenvalue weighted by Crippen LogP contribution is -2.38. The second-order valence-electron chi connectivity index (χ2n) is 9.19. The van der Waals surface area contributed by atoms with Gasteiger partial charge in [-0.15, -0.1) is 11.3 Å². The fourth-order valence-corrected chi connectivity index (χ4v) is 5.26. The van der Waals surface area contributed by atoms with Crippen LogP contribution in [-0.4, -0.2) is 42.5 Å². The van der Waals surface area contributed by atoms with Gasteiger partial charge in [0, 0.05) is 30.4 Å². The molecule has 1 aliphatic carbocycles. The van der Waals surface area contributed by atoms with E-state index in [4.69, 9.17) is 14.5 Å². The Hall–Kier alpha value is -2.65. The summed E-state index contributed by atoms with van der Waals surface area (Å²) >= 11 is 1.72. The van der Waals surface area contributed by atoms with Crippen molar-refractivity contribution < 1.29 is 19.1 Å². The minimum absolute atomic E-state index is 0.114. The van der Waals surface area contributed by atoms with E-state index >= 15 is 0 Å². The first-order valence-electron chi connectivity index (χ1n) is 11.9. The number of aromatic nitrogens is 1. The van der Waals surface area contributed by atoms with Crippen LogP contribution in [0.3, 0.4) is 0 Å². The number of ether oxygens (including phenoxy) is 2. The number of hydrogen-bond donors (Lipinski definition) is 3. The van der Waals surface area contributed by atoms with Gasteiger partial charge in [-0.05, 0) is 83.7 Å².